The third-order valence-electron chi connectivity index (χ3n) is 2.76. The zero-order valence-corrected chi connectivity index (χ0v) is 9.91. The van der Waals surface area contributed by atoms with Crippen LogP contribution in [0, 0.1) is 20.8 Å². The van der Waals surface area contributed by atoms with Gasteiger partial charge in [0.1, 0.15) is 0 Å². The van der Waals surface area contributed by atoms with Gasteiger partial charge in [0.15, 0.2) is 0 Å². The predicted molar refractivity (Wildman–Crippen MR) is 63.1 cm³/mol. The molecule has 1 N–H and O–H groups in total. The highest BCUT2D eigenvalue weighted by atomic mass is 35.5. The highest BCUT2D eigenvalue weighted by Gasteiger charge is 2.02. The van der Waals surface area contributed by atoms with Crippen molar-refractivity contribution in [3.05, 3.63) is 34.4 Å². The molecule has 0 fully saturated rings. The van der Waals surface area contributed by atoms with Gasteiger partial charge in [-0.1, -0.05) is 12.1 Å². The maximum absolute atomic E-state index is 5.60. The lowest BCUT2D eigenvalue weighted by Gasteiger charge is -2.11. The molecule has 0 bridgehead atoms. The van der Waals surface area contributed by atoms with Gasteiger partial charge < -0.3 is 5.32 Å². The molecule has 78 valence electrons. The summed E-state index contributed by atoms with van der Waals surface area (Å²) in [5.74, 6) is 0.671. The van der Waals surface area contributed by atoms with Crippen LogP contribution < -0.4 is 5.32 Å². The average molecular weight is 212 g/mol. The third-order valence-corrected chi connectivity index (χ3v) is 2.95. The maximum atomic E-state index is 5.60. The quantitative estimate of drug-likeness (QED) is 0.597. The first-order valence-corrected chi connectivity index (χ1v) is 5.52. The molecule has 1 nitrogen and oxygen atoms in total. The van der Waals surface area contributed by atoms with Gasteiger partial charge in [0.25, 0.3) is 0 Å². The number of benzene rings is 1. The Morgan fingerprint density at radius 1 is 1.14 bits per heavy atom. The van der Waals surface area contributed by atoms with Gasteiger partial charge in [-0.2, -0.15) is 0 Å². The second kappa shape index (κ2) is 5.38. The van der Waals surface area contributed by atoms with Crippen LogP contribution in [-0.2, 0) is 6.54 Å². The zero-order chi connectivity index (χ0) is 10.6. The van der Waals surface area contributed by atoms with E-state index in [9.17, 15) is 0 Å². The molecule has 2 heteroatoms. The summed E-state index contributed by atoms with van der Waals surface area (Å²) in [7, 11) is 0. The molecule has 0 heterocycles. The van der Waals surface area contributed by atoms with Gasteiger partial charge in [0, 0.05) is 19.0 Å². The van der Waals surface area contributed by atoms with Crippen molar-refractivity contribution in [2.24, 2.45) is 0 Å². The van der Waals surface area contributed by atoms with E-state index in [1.54, 1.807) is 0 Å². The van der Waals surface area contributed by atoms with Gasteiger partial charge in [-0.15, -0.1) is 11.6 Å². The van der Waals surface area contributed by atoms with E-state index < -0.39 is 0 Å². The summed E-state index contributed by atoms with van der Waals surface area (Å²) in [6, 6.07) is 4.37. The van der Waals surface area contributed by atoms with Crippen molar-refractivity contribution in [2.45, 2.75) is 27.3 Å². The first-order chi connectivity index (χ1) is 6.66. The van der Waals surface area contributed by atoms with E-state index in [2.05, 4.69) is 38.2 Å². The molecule has 0 amide bonds. The molecule has 0 saturated carbocycles. The van der Waals surface area contributed by atoms with Gasteiger partial charge >= 0.3 is 0 Å². The van der Waals surface area contributed by atoms with Crippen molar-refractivity contribution in [2.75, 3.05) is 12.4 Å². The van der Waals surface area contributed by atoms with E-state index in [0.29, 0.717) is 5.88 Å². The Bertz CT molecular complexity index is 307. The average Bonchev–Trinajstić information content (AvgIpc) is 2.18. The van der Waals surface area contributed by atoms with E-state index >= 15 is 0 Å². The maximum Gasteiger partial charge on any atom is 0.0348 e. The third kappa shape index (κ3) is 2.73. The van der Waals surface area contributed by atoms with Crippen molar-refractivity contribution in [1.29, 1.82) is 0 Å². The largest absolute Gasteiger partial charge is 0.311 e. The Morgan fingerprint density at radius 3 is 2.50 bits per heavy atom. The smallest absolute Gasteiger partial charge is 0.0348 e. The summed E-state index contributed by atoms with van der Waals surface area (Å²) in [6.45, 7) is 8.29. The lowest BCUT2D eigenvalue weighted by molar-refractivity contribution is 0.726. The minimum Gasteiger partial charge on any atom is -0.311 e. The second-order valence-corrected chi connectivity index (χ2v) is 4.04. The fourth-order valence-electron chi connectivity index (χ4n) is 1.49. The molecule has 0 aliphatic rings. The molecule has 1 aromatic carbocycles. The van der Waals surface area contributed by atoms with Crippen LogP contribution in [0.2, 0.25) is 0 Å². The number of nitrogens with one attached hydrogen (secondary N) is 1. The molecule has 0 aromatic heterocycles. The lowest BCUT2D eigenvalue weighted by Crippen LogP contribution is -2.16. The Kier molecular flexibility index (Phi) is 4.43. The number of aryl methyl sites for hydroxylation is 1. The molecular formula is C12H18ClN. The Morgan fingerprint density at radius 2 is 1.86 bits per heavy atom. The number of halogens is 1. The van der Waals surface area contributed by atoms with Gasteiger partial charge in [-0.05, 0) is 43.0 Å². The molecular weight excluding hydrogens is 194 g/mol. The first kappa shape index (κ1) is 11.5. The minimum atomic E-state index is 0.671. The van der Waals surface area contributed by atoms with Crippen LogP contribution in [0.1, 0.15) is 22.3 Å². The zero-order valence-electron chi connectivity index (χ0n) is 9.15. The fraction of sp³-hybridized carbons (Fsp3) is 0.500. The number of rotatable bonds is 4. The molecule has 0 saturated heterocycles. The first-order valence-electron chi connectivity index (χ1n) is 4.99. The van der Waals surface area contributed by atoms with E-state index in [0.717, 1.165) is 13.1 Å². The second-order valence-electron chi connectivity index (χ2n) is 3.66. The van der Waals surface area contributed by atoms with Crippen LogP contribution in [0.3, 0.4) is 0 Å². The standard InChI is InChI=1S/C12H18ClN/c1-9-4-5-12(8-14-7-6-13)11(3)10(9)2/h4-5,14H,6-8H2,1-3H3. The van der Waals surface area contributed by atoms with Crippen molar-refractivity contribution in [1.82, 2.24) is 5.32 Å². The summed E-state index contributed by atoms with van der Waals surface area (Å²) >= 11 is 5.60. The summed E-state index contributed by atoms with van der Waals surface area (Å²) < 4.78 is 0. The topological polar surface area (TPSA) is 12.0 Å². The van der Waals surface area contributed by atoms with Crippen molar-refractivity contribution in [3.8, 4) is 0 Å². The number of hydrogen-bond acceptors (Lipinski definition) is 1. The van der Waals surface area contributed by atoms with Gasteiger partial charge in [0.05, 0.1) is 0 Å². The summed E-state index contributed by atoms with van der Waals surface area (Å²) in [5, 5.41) is 3.31. The minimum absolute atomic E-state index is 0.671. The summed E-state index contributed by atoms with van der Waals surface area (Å²) in [5.41, 5.74) is 5.53. The van der Waals surface area contributed by atoms with Gasteiger partial charge in [-0.25, -0.2) is 0 Å². The molecule has 1 aromatic rings. The molecule has 0 unspecified atom stereocenters. The number of hydrogen-bond donors (Lipinski definition) is 1. The fourth-order valence-corrected chi connectivity index (χ4v) is 1.63. The Hall–Kier alpha value is -0.530. The van der Waals surface area contributed by atoms with Crippen molar-refractivity contribution in [3.63, 3.8) is 0 Å². The van der Waals surface area contributed by atoms with Crippen LogP contribution in [0.15, 0.2) is 12.1 Å². The van der Waals surface area contributed by atoms with Crippen molar-refractivity contribution >= 4 is 11.6 Å². The molecule has 0 atom stereocenters. The molecule has 0 spiro atoms. The van der Waals surface area contributed by atoms with Crippen LogP contribution in [0.5, 0.6) is 0 Å². The van der Waals surface area contributed by atoms with Crippen LogP contribution in [-0.4, -0.2) is 12.4 Å². The SMILES string of the molecule is Cc1ccc(CNCCCl)c(C)c1C. The van der Waals surface area contributed by atoms with E-state index in [4.69, 9.17) is 11.6 Å². The summed E-state index contributed by atoms with van der Waals surface area (Å²) in [4.78, 5) is 0. The molecule has 0 aliphatic heterocycles. The summed E-state index contributed by atoms with van der Waals surface area (Å²) in [6.07, 6.45) is 0. The predicted octanol–water partition coefficient (Wildman–Crippen LogP) is 2.94. The lowest BCUT2D eigenvalue weighted by atomic mass is 9.99. The van der Waals surface area contributed by atoms with E-state index in [-0.39, 0.29) is 0 Å². The Labute approximate surface area is 91.5 Å². The van der Waals surface area contributed by atoms with Crippen LogP contribution in [0.4, 0.5) is 0 Å². The number of alkyl halides is 1. The van der Waals surface area contributed by atoms with Crippen LogP contribution >= 0.6 is 11.6 Å². The molecule has 14 heavy (non-hydrogen) atoms. The monoisotopic (exact) mass is 211 g/mol. The molecule has 0 aliphatic carbocycles. The highest BCUT2D eigenvalue weighted by Crippen LogP contribution is 2.16. The van der Waals surface area contributed by atoms with Crippen LogP contribution in [0.25, 0.3) is 0 Å². The van der Waals surface area contributed by atoms with Gasteiger partial charge in [0.2, 0.25) is 0 Å². The Balaban J connectivity index is 2.73. The van der Waals surface area contributed by atoms with Gasteiger partial charge in [-0.3, -0.25) is 0 Å². The molecule has 1 rings (SSSR count). The highest BCUT2D eigenvalue weighted by molar-refractivity contribution is 6.18. The van der Waals surface area contributed by atoms with Crippen molar-refractivity contribution < 1.29 is 0 Å². The van der Waals surface area contributed by atoms with E-state index in [1.165, 1.54) is 22.3 Å². The normalized spacial score (nSPS) is 10.6. The molecule has 0 radical (unpaired) electrons. The van der Waals surface area contributed by atoms with E-state index in [1.807, 2.05) is 0 Å².